The average molecular weight is 688 g/mol. The quantitative estimate of drug-likeness (QED) is 0.118. The molecule has 46 heavy (non-hydrogen) atoms. The third-order valence-electron chi connectivity index (χ3n) is 7.37. The van der Waals surface area contributed by atoms with E-state index >= 15 is 0 Å². The highest BCUT2D eigenvalue weighted by atomic mass is 35.5. The van der Waals surface area contributed by atoms with Crippen molar-refractivity contribution in [3.8, 4) is 5.75 Å². The lowest BCUT2D eigenvalue weighted by molar-refractivity contribution is -0.138. The normalized spacial score (nSPS) is 14.5. The summed E-state index contributed by atoms with van der Waals surface area (Å²) in [7, 11) is 0. The molecular weight excluding hydrogens is 659 g/mol. The molecule has 0 aliphatic carbocycles. The van der Waals surface area contributed by atoms with Gasteiger partial charge in [-0.2, -0.15) is 0 Å². The molecule has 232 valence electrons. The molecule has 0 amide bonds. The van der Waals surface area contributed by atoms with Gasteiger partial charge in [-0.15, -0.1) is 11.8 Å². The minimum Gasteiger partial charge on any atom is -0.489 e. The molecule has 0 radical (unpaired) electrons. The van der Waals surface area contributed by atoms with Gasteiger partial charge in [0.05, 0.1) is 28.5 Å². The maximum absolute atomic E-state index is 14.2. The predicted molar refractivity (Wildman–Crippen MR) is 187 cm³/mol. The van der Waals surface area contributed by atoms with E-state index in [0.29, 0.717) is 36.4 Å². The van der Waals surface area contributed by atoms with Crippen molar-refractivity contribution in [1.29, 1.82) is 0 Å². The van der Waals surface area contributed by atoms with Crippen LogP contribution in [0.4, 0.5) is 0 Å². The molecule has 0 spiro atoms. The maximum atomic E-state index is 14.2. The molecule has 1 aromatic heterocycles. The summed E-state index contributed by atoms with van der Waals surface area (Å²) in [4.78, 5) is 34.3. The Hall–Kier alpha value is -4.08. The van der Waals surface area contributed by atoms with Gasteiger partial charge >= 0.3 is 5.97 Å². The van der Waals surface area contributed by atoms with Crippen molar-refractivity contribution in [2.24, 2.45) is 4.99 Å². The van der Waals surface area contributed by atoms with Crippen LogP contribution in [0.15, 0.2) is 117 Å². The highest BCUT2D eigenvalue weighted by Gasteiger charge is 2.35. The zero-order chi connectivity index (χ0) is 32.2. The van der Waals surface area contributed by atoms with Gasteiger partial charge in [0.1, 0.15) is 12.4 Å². The number of ether oxygens (including phenoxy) is 2. The molecule has 4 aromatic carbocycles. The van der Waals surface area contributed by atoms with Crippen molar-refractivity contribution >= 4 is 64.0 Å². The second-order valence-corrected chi connectivity index (χ2v) is 13.0. The number of hydrogen-bond acceptors (Lipinski definition) is 7. The highest BCUT2D eigenvalue weighted by molar-refractivity contribution is 7.98. The highest BCUT2D eigenvalue weighted by Crippen LogP contribution is 2.35. The Labute approximate surface area is 284 Å². The zero-order valence-electron chi connectivity index (χ0n) is 24.9. The van der Waals surface area contributed by atoms with Crippen molar-refractivity contribution < 1.29 is 14.3 Å². The van der Waals surface area contributed by atoms with Crippen molar-refractivity contribution in [1.82, 2.24) is 4.57 Å². The number of rotatable bonds is 9. The van der Waals surface area contributed by atoms with Crippen LogP contribution in [0, 0.1) is 0 Å². The van der Waals surface area contributed by atoms with E-state index in [-0.39, 0.29) is 18.8 Å². The summed E-state index contributed by atoms with van der Waals surface area (Å²) in [5, 5.41) is 1.08. The van der Waals surface area contributed by atoms with Crippen LogP contribution in [0.2, 0.25) is 10.0 Å². The number of thioether (sulfide) groups is 1. The van der Waals surface area contributed by atoms with Crippen molar-refractivity contribution in [3.63, 3.8) is 0 Å². The van der Waals surface area contributed by atoms with Crippen LogP contribution in [0.25, 0.3) is 11.8 Å². The lowest BCUT2D eigenvalue weighted by atomic mass is 9.93. The van der Waals surface area contributed by atoms with E-state index in [1.165, 1.54) is 11.3 Å². The Bertz CT molecular complexity index is 2120. The van der Waals surface area contributed by atoms with Gasteiger partial charge in [-0.05, 0) is 66.8 Å². The summed E-state index contributed by atoms with van der Waals surface area (Å²) in [6, 6.07) is 29.4. The monoisotopic (exact) mass is 686 g/mol. The molecular formula is C36H28Cl2N2O4S2. The number of benzene rings is 4. The van der Waals surface area contributed by atoms with E-state index in [9.17, 15) is 9.59 Å². The van der Waals surface area contributed by atoms with Crippen LogP contribution < -0.4 is 19.6 Å². The Balaban J connectivity index is 1.46. The second-order valence-electron chi connectivity index (χ2n) is 10.3. The fraction of sp³-hybridized carbons (Fsp3) is 0.139. The fourth-order valence-electron chi connectivity index (χ4n) is 5.19. The summed E-state index contributed by atoms with van der Waals surface area (Å²) < 4.78 is 13.7. The van der Waals surface area contributed by atoms with Crippen LogP contribution in [0.5, 0.6) is 5.75 Å². The van der Waals surface area contributed by atoms with Crippen molar-refractivity contribution in [2.75, 3.05) is 12.9 Å². The first-order valence-corrected chi connectivity index (χ1v) is 17.2. The van der Waals surface area contributed by atoms with E-state index in [0.717, 1.165) is 27.1 Å². The van der Waals surface area contributed by atoms with Gasteiger partial charge < -0.3 is 9.47 Å². The molecule has 1 atom stereocenters. The average Bonchev–Trinajstić information content (AvgIpc) is 3.38. The number of thiazole rings is 1. The Kier molecular flexibility index (Phi) is 9.80. The lowest BCUT2D eigenvalue weighted by Crippen LogP contribution is -2.40. The minimum absolute atomic E-state index is 0.190. The molecule has 2 heterocycles. The first-order chi connectivity index (χ1) is 22.4. The van der Waals surface area contributed by atoms with Gasteiger partial charge in [0.2, 0.25) is 0 Å². The van der Waals surface area contributed by atoms with Gasteiger partial charge in [-0.3, -0.25) is 9.36 Å². The molecule has 1 aliphatic heterocycles. The number of esters is 1. The number of aromatic nitrogens is 1. The lowest BCUT2D eigenvalue weighted by Gasteiger charge is -2.26. The molecule has 6 nitrogen and oxygen atoms in total. The van der Waals surface area contributed by atoms with Gasteiger partial charge in [-0.25, -0.2) is 9.79 Å². The molecule has 0 fully saturated rings. The van der Waals surface area contributed by atoms with Crippen LogP contribution in [-0.4, -0.2) is 23.4 Å². The molecule has 10 heteroatoms. The molecule has 6 rings (SSSR count). The van der Waals surface area contributed by atoms with Gasteiger partial charge in [0.15, 0.2) is 4.80 Å². The van der Waals surface area contributed by atoms with Gasteiger partial charge in [-0.1, -0.05) is 95.2 Å². The number of carbonyl (C=O) groups is 1. The first-order valence-electron chi connectivity index (χ1n) is 14.5. The van der Waals surface area contributed by atoms with E-state index in [1.54, 1.807) is 35.4 Å². The fourth-order valence-corrected chi connectivity index (χ4v) is 7.06. The number of carbonyl (C=O) groups excluding carboxylic acids is 1. The van der Waals surface area contributed by atoms with E-state index in [4.69, 9.17) is 37.7 Å². The van der Waals surface area contributed by atoms with Gasteiger partial charge in [0, 0.05) is 26.1 Å². The van der Waals surface area contributed by atoms with E-state index < -0.39 is 12.0 Å². The second kappa shape index (κ2) is 14.1. The molecule has 0 saturated carbocycles. The van der Waals surface area contributed by atoms with Gasteiger partial charge in [0.25, 0.3) is 5.56 Å². The smallest absolute Gasteiger partial charge is 0.338 e. The molecule has 5 aromatic rings. The molecule has 0 unspecified atom stereocenters. The Morgan fingerprint density at radius 1 is 1.00 bits per heavy atom. The Morgan fingerprint density at radius 2 is 1.78 bits per heavy atom. The SMILES string of the molecule is CCOC(=O)C1=C(c2ccccc2)N=c2s/c(=C\c3cccc(OCc4ccc(Cl)cc4Cl)c3)c(=O)n2[C@@H]1c1ccc(SC)cc1. The summed E-state index contributed by atoms with van der Waals surface area (Å²) in [5.74, 6) is 0.110. The third-order valence-corrected chi connectivity index (χ3v) is 9.68. The number of fused-ring (bicyclic) bond motifs is 1. The predicted octanol–water partition coefficient (Wildman–Crippen LogP) is 7.54. The first kappa shape index (κ1) is 31.9. The number of halogens is 2. The number of nitrogens with zero attached hydrogens (tertiary/aromatic N) is 2. The minimum atomic E-state index is -0.734. The Morgan fingerprint density at radius 3 is 2.50 bits per heavy atom. The standard InChI is InChI=1S/C36H28Cl2N2O4S2/c1-3-43-35(42)31-32(23-9-5-4-6-10-23)39-36-40(33(31)24-13-16-28(45-2)17-14-24)34(41)30(46-36)19-22-8-7-11-27(18-22)44-21-25-12-15-26(37)20-29(25)38/h4-20,33H,3,21H2,1-2H3/b30-19-/t33-/m1/s1. The van der Waals surface area contributed by atoms with Crippen molar-refractivity contribution in [3.05, 3.63) is 155 Å². The molecule has 0 N–H and O–H groups in total. The largest absolute Gasteiger partial charge is 0.489 e. The van der Waals surface area contributed by atoms with Crippen LogP contribution in [0.3, 0.4) is 0 Å². The van der Waals surface area contributed by atoms with Crippen molar-refractivity contribution in [2.45, 2.75) is 24.5 Å². The van der Waals surface area contributed by atoms with E-state index in [1.807, 2.05) is 97.3 Å². The third kappa shape index (κ3) is 6.71. The summed E-state index contributed by atoms with van der Waals surface area (Å²) >= 11 is 15.2. The summed E-state index contributed by atoms with van der Waals surface area (Å²) in [6.45, 7) is 2.21. The zero-order valence-corrected chi connectivity index (χ0v) is 28.1. The van der Waals surface area contributed by atoms with E-state index in [2.05, 4.69) is 0 Å². The molecule has 0 bridgehead atoms. The summed E-state index contributed by atoms with van der Waals surface area (Å²) in [6.07, 6.45) is 3.82. The van der Waals surface area contributed by atoms with Crippen LogP contribution >= 0.6 is 46.3 Å². The summed E-state index contributed by atoms with van der Waals surface area (Å²) in [5.41, 5.74) is 3.69. The molecule has 1 aliphatic rings. The number of hydrogen-bond donors (Lipinski definition) is 0. The topological polar surface area (TPSA) is 69.9 Å². The molecule has 0 saturated heterocycles. The van der Waals surface area contributed by atoms with Crippen LogP contribution in [-0.2, 0) is 16.1 Å². The van der Waals surface area contributed by atoms with Crippen LogP contribution in [0.1, 0.15) is 35.2 Å². The maximum Gasteiger partial charge on any atom is 0.338 e.